The molecule has 0 bridgehead atoms. The van der Waals surface area contributed by atoms with Crippen LogP contribution >= 0.6 is 0 Å². The van der Waals surface area contributed by atoms with E-state index in [2.05, 4.69) is 16.4 Å². The number of carbonyl (C=O) groups excluding carboxylic acids is 1. The Morgan fingerprint density at radius 2 is 2.04 bits per heavy atom. The summed E-state index contributed by atoms with van der Waals surface area (Å²) < 4.78 is 25.3. The molecule has 8 heteroatoms. The number of nitriles is 1. The van der Waals surface area contributed by atoms with Crippen LogP contribution in [0.25, 0.3) is 11.0 Å². The number of nitrogens with one attached hydrogen (secondary N) is 1. The summed E-state index contributed by atoms with van der Waals surface area (Å²) in [5, 5.41) is 11.8. The molecule has 128 valence electrons. The van der Waals surface area contributed by atoms with Crippen LogP contribution in [0.5, 0.6) is 0 Å². The quantitative estimate of drug-likeness (QED) is 0.881. The SMILES string of the molecule is CC(C)C(C)(C#N)NC(=O)Cn1c(S(C)(=O)=O)nc2ccccc21. The van der Waals surface area contributed by atoms with Crippen LogP contribution in [0.15, 0.2) is 29.4 Å². The summed E-state index contributed by atoms with van der Waals surface area (Å²) in [6.45, 7) is 5.07. The number of imidazole rings is 1. The number of amides is 1. The summed E-state index contributed by atoms with van der Waals surface area (Å²) in [7, 11) is -3.60. The predicted molar refractivity (Wildman–Crippen MR) is 89.8 cm³/mol. The zero-order valence-electron chi connectivity index (χ0n) is 14.1. The Labute approximate surface area is 141 Å². The van der Waals surface area contributed by atoms with Crippen LogP contribution in [-0.2, 0) is 21.2 Å². The number of carbonyl (C=O) groups is 1. The van der Waals surface area contributed by atoms with Crippen LogP contribution in [0, 0.1) is 17.2 Å². The van der Waals surface area contributed by atoms with Gasteiger partial charge >= 0.3 is 0 Å². The van der Waals surface area contributed by atoms with Gasteiger partial charge in [0.2, 0.25) is 20.9 Å². The lowest BCUT2D eigenvalue weighted by Gasteiger charge is -2.27. The van der Waals surface area contributed by atoms with Crippen molar-refractivity contribution in [1.82, 2.24) is 14.9 Å². The Balaban J connectivity index is 2.43. The molecule has 0 saturated heterocycles. The second kappa shape index (κ2) is 6.24. The third kappa shape index (κ3) is 3.41. The van der Waals surface area contributed by atoms with Crippen molar-refractivity contribution in [2.24, 2.45) is 5.92 Å². The van der Waals surface area contributed by atoms with Crippen molar-refractivity contribution in [2.45, 2.75) is 38.0 Å². The molecule has 1 atom stereocenters. The van der Waals surface area contributed by atoms with Crippen LogP contribution in [0.1, 0.15) is 20.8 Å². The fraction of sp³-hybridized carbons (Fsp3) is 0.438. The Bertz CT molecular complexity index is 924. The molecule has 0 saturated carbocycles. The topological polar surface area (TPSA) is 105 Å². The molecule has 0 spiro atoms. The zero-order chi connectivity index (χ0) is 18.1. The monoisotopic (exact) mass is 348 g/mol. The van der Waals surface area contributed by atoms with Gasteiger partial charge < -0.3 is 9.88 Å². The second-order valence-electron chi connectivity index (χ2n) is 6.26. The summed E-state index contributed by atoms with van der Waals surface area (Å²) in [6, 6.07) is 8.98. The largest absolute Gasteiger partial charge is 0.336 e. The van der Waals surface area contributed by atoms with Gasteiger partial charge in [0.05, 0.1) is 17.1 Å². The maximum Gasteiger partial charge on any atom is 0.241 e. The number of hydrogen-bond acceptors (Lipinski definition) is 5. The van der Waals surface area contributed by atoms with Gasteiger partial charge in [-0.1, -0.05) is 26.0 Å². The van der Waals surface area contributed by atoms with Crippen molar-refractivity contribution >= 4 is 26.8 Å². The number of aromatic nitrogens is 2. The number of sulfone groups is 1. The Kier molecular flexibility index (Phi) is 4.67. The molecule has 1 heterocycles. The summed E-state index contributed by atoms with van der Waals surface area (Å²) in [6.07, 6.45) is 1.05. The number of fused-ring (bicyclic) bond motifs is 1. The van der Waals surface area contributed by atoms with E-state index in [9.17, 15) is 18.5 Å². The fourth-order valence-electron chi connectivity index (χ4n) is 2.26. The van der Waals surface area contributed by atoms with Crippen LogP contribution in [0.4, 0.5) is 0 Å². The standard InChI is InChI=1S/C16H20N4O3S/c1-11(2)16(3,10-17)19-14(21)9-20-13-8-6-5-7-12(13)18-15(20)24(4,22)23/h5-8,11H,9H2,1-4H3,(H,19,21). The van der Waals surface area contributed by atoms with Crippen LogP contribution in [0.2, 0.25) is 0 Å². The van der Waals surface area contributed by atoms with Crippen molar-refractivity contribution in [3.8, 4) is 6.07 Å². The Morgan fingerprint density at radius 3 is 2.58 bits per heavy atom. The van der Waals surface area contributed by atoms with Gasteiger partial charge in [0.1, 0.15) is 12.1 Å². The molecule has 1 unspecified atom stereocenters. The lowest BCUT2D eigenvalue weighted by atomic mass is 9.90. The fourth-order valence-corrected chi connectivity index (χ4v) is 3.09. The summed E-state index contributed by atoms with van der Waals surface area (Å²) in [5.74, 6) is -0.541. The molecular weight excluding hydrogens is 328 g/mol. The number of rotatable bonds is 5. The van der Waals surface area contributed by atoms with Gasteiger partial charge in [-0.25, -0.2) is 13.4 Å². The van der Waals surface area contributed by atoms with E-state index in [1.54, 1.807) is 31.2 Å². The molecule has 2 aromatic rings. The maximum atomic E-state index is 12.4. The van der Waals surface area contributed by atoms with E-state index in [0.717, 1.165) is 6.26 Å². The summed E-state index contributed by atoms with van der Waals surface area (Å²) in [5.41, 5.74) is 0.0209. The molecule has 1 aromatic heterocycles. The van der Waals surface area contributed by atoms with Crippen molar-refractivity contribution < 1.29 is 13.2 Å². The molecule has 1 aromatic carbocycles. The molecule has 0 aliphatic rings. The highest BCUT2D eigenvalue weighted by Gasteiger charge is 2.31. The Hall–Kier alpha value is -2.40. The van der Waals surface area contributed by atoms with Crippen LogP contribution < -0.4 is 5.32 Å². The number of hydrogen-bond donors (Lipinski definition) is 1. The highest BCUT2D eigenvalue weighted by atomic mass is 32.2. The van der Waals surface area contributed by atoms with Crippen molar-refractivity contribution in [3.05, 3.63) is 24.3 Å². The minimum absolute atomic E-state index is 0.0969. The third-order valence-corrected chi connectivity index (χ3v) is 5.01. The maximum absolute atomic E-state index is 12.4. The van der Waals surface area contributed by atoms with E-state index < -0.39 is 21.3 Å². The molecule has 1 N–H and O–H groups in total. The van der Waals surface area contributed by atoms with E-state index in [1.807, 2.05) is 13.8 Å². The number of benzene rings is 1. The van der Waals surface area contributed by atoms with Gasteiger partial charge in [-0.2, -0.15) is 5.26 Å². The first-order chi connectivity index (χ1) is 11.1. The normalized spacial score (nSPS) is 14.3. The van der Waals surface area contributed by atoms with Crippen molar-refractivity contribution in [3.63, 3.8) is 0 Å². The highest BCUT2D eigenvalue weighted by Crippen LogP contribution is 2.20. The molecule has 0 fully saturated rings. The average Bonchev–Trinajstić information content (AvgIpc) is 2.86. The first-order valence-corrected chi connectivity index (χ1v) is 9.35. The second-order valence-corrected chi connectivity index (χ2v) is 8.17. The van der Waals surface area contributed by atoms with Gasteiger partial charge in [-0.05, 0) is 25.0 Å². The van der Waals surface area contributed by atoms with E-state index in [-0.39, 0.29) is 17.6 Å². The van der Waals surface area contributed by atoms with Gasteiger partial charge in [-0.15, -0.1) is 0 Å². The van der Waals surface area contributed by atoms with Gasteiger partial charge in [-0.3, -0.25) is 4.79 Å². The van der Waals surface area contributed by atoms with E-state index in [1.165, 1.54) is 4.57 Å². The molecule has 0 aliphatic heterocycles. The molecule has 0 aliphatic carbocycles. The van der Waals surface area contributed by atoms with Gasteiger partial charge in [0, 0.05) is 6.26 Å². The number of para-hydroxylation sites is 2. The van der Waals surface area contributed by atoms with Gasteiger partial charge in [0.25, 0.3) is 0 Å². The molecular formula is C16H20N4O3S. The first kappa shape index (κ1) is 17.9. The predicted octanol–water partition coefficient (Wildman–Crippen LogP) is 1.49. The molecule has 0 radical (unpaired) electrons. The van der Waals surface area contributed by atoms with E-state index in [0.29, 0.717) is 11.0 Å². The van der Waals surface area contributed by atoms with Crippen molar-refractivity contribution in [1.29, 1.82) is 5.26 Å². The molecule has 24 heavy (non-hydrogen) atoms. The molecule has 7 nitrogen and oxygen atoms in total. The van der Waals surface area contributed by atoms with E-state index in [4.69, 9.17) is 0 Å². The summed E-state index contributed by atoms with van der Waals surface area (Å²) >= 11 is 0. The lowest BCUT2D eigenvalue weighted by Crippen LogP contribution is -2.49. The Morgan fingerprint density at radius 1 is 1.42 bits per heavy atom. The minimum atomic E-state index is -3.60. The summed E-state index contributed by atoms with van der Waals surface area (Å²) in [4.78, 5) is 16.5. The first-order valence-electron chi connectivity index (χ1n) is 7.46. The van der Waals surface area contributed by atoms with E-state index >= 15 is 0 Å². The van der Waals surface area contributed by atoms with Crippen LogP contribution in [-0.4, -0.2) is 35.7 Å². The third-order valence-electron chi connectivity index (χ3n) is 4.04. The zero-order valence-corrected chi connectivity index (χ0v) is 14.9. The van der Waals surface area contributed by atoms with Crippen molar-refractivity contribution in [2.75, 3.05) is 6.26 Å². The average molecular weight is 348 g/mol. The molecule has 2 rings (SSSR count). The molecule has 1 amide bonds. The lowest BCUT2D eigenvalue weighted by molar-refractivity contribution is -0.123. The number of nitrogens with zero attached hydrogens (tertiary/aromatic N) is 3. The van der Waals surface area contributed by atoms with Gasteiger partial charge in [0.15, 0.2) is 0 Å². The smallest absolute Gasteiger partial charge is 0.241 e. The highest BCUT2D eigenvalue weighted by molar-refractivity contribution is 7.90. The minimum Gasteiger partial charge on any atom is -0.336 e. The van der Waals surface area contributed by atoms with Crippen LogP contribution in [0.3, 0.4) is 0 Å².